The molecule has 3 amide bonds. The minimum Gasteiger partial charge on any atom is -0.497 e. The van der Waals surface area contributed by atoms with Gasteiger partial charge in [0.15, 0.2) is 0 Å². The number of nitrogens with one attached hydrogen (secondary N) is 1. The fraction of sp³-hybridized carbons (Fsp3) is 0.438. The third-order valence-electron chi connectivity index (χ3n) is 7.48. The van der Waals surface area contributed by atoms with E-state index in [0.717, 1.165) is 62.6 Å². The number of carbonyl (C=O) groups is 4. The van der Waals surface area contributed by atoms with Crippen molar-refractivity contribution in [3.05, 3.63) is 64.3 Å². The SMILES string of the molecule is COc1ccc2c(c1)c(CC(=O)NCCCCCCCC(=O)O)c(C)n2C(=O)c1ccc(Cl)cc1.NC(=O)N1CCCC1. The number of nitrogens with two attached hydrogens (primary N) is 1. The Bertz CT molecular complexity index is 1410. The fourth-order valence-corrected chi connectivity index (χ4v) is 5.24. The number of unbranched alkanes of at least 4 members (excludes halogenated alkanes) is 4. The normalized spacial score (nSPS) is 12.5. The van der Waals surface area contributed by atoms with Crippen LogP contribution in [0.5, 0.6) is 5.75 Å². The summed E-state index contributed by atoms with van der Waals surface area (Å²) in [6.45, 7) is 4.12. The van der Waals surface area contributed by atoms with Gasteiger partial charge in [0.2, 0.25) is 5.91 Å². The molecule has 0 saturated carbocycles. The number of aliphatic carboxylic acids is 1. The van der Waals surface area contributed by atoms with E-state index in [2.05, 4.69) is 5.32 Å². The summed E-state index contributed by atoms with van der Waals surface area (Å²) in [4.78, 5) is 48.7. The molecular weight excluding hydrogens is 572 g/mol. The lowest BCUT2D eigenvalue weighted by molar-refractivity contribution is -0.137. The summed E-state index contributed by atoms with van der Waals surface area (Å²) in [5, 5.41) is 13.0. The highest BCUT2D eigenvalue weighted by molar-refractivity contribution is 6.30. The molecule has 0 radical (unpaired) electrons. The van der Waals surface area contributed by atoms with Crippen molar-refractivity contribution in [1.82, 2.24) is 14.8 Å². The van der Waals surface area contributed by atoms with Gasteiger partial charge in [-0.15, -0.1) is 0 Å². The van der Waals surface area contributed by atoms with Crippen LogP contribution in [-0.2, 0) is 16.0 Å². The third kappa shape index (κ3) is 9.74. The van der Waals surface area contributed by atoms with Crippen molar-refractivity contribution in [2.75, 3.05) is 26.7 Å². The number of rotatable bonds is 12. The van der Waals surface area contributed by atoms with Crippen molar-refractivity contribution in [3.63, 3.8) is 0 Å². The largest absolute Gasteiger partial charge is 0.497 e. The average Bonchev–Trinajstić information content (AvgIpc) is 3.62. The number of carbonyl (C=O) groups excluding carboxylic acids is 3. The summed E-state index contributed by atoms with van der Waals surface area (Å²) < 4.78 is 7.02. The predicted octanol–water partition coefficient (Wildman–Crippen LogP) is 5.55. The van der Waals surface area contributed by atoms with Gasteiger partial charge in [0, 0.05) is 47.7 Å². The van der Waals surface area contributed by atoms with E-state index >= 15 is 0 Å². The number of hydrogen-bond donors (Lipinski definition) is 3. The highest BCUT2D eigenvalue weighted by atomic mass is 35.5. The van der Waals surface area contributed by atoms with E-state index in [-0.39, 0.29) is 30.7 Å². The van der Waals surface area contributed by atoms with Gasteiger partial charge < -0.3 is 25.8 Å². The quantitative estimate of drug-likeness (QED) is 0.229. The molecule has 0 aliphatic carbocycles. The van der Waals surface area contributed by atoms with E-state index in [4.69, 9.17) is 27.2 Å². The van der Waals surface area contributed by atoms with E-state index in [1.165, 1.54) is 0 Å². The number of methoxy groups -OCH3 is 1. The van der Waals surface area contributed by atoms with Crippen molar-refractivity contribution in [1.29, 1.82) is 0 Å². The molecule has 2 heterocycles. The van der Waals surface area contributed by atoms with Crippen molar-refractivity contribution in [2.24, 2.45) is 5.73 Å². The molecule has 0 spiro atoms. The summed E-state index contributed by atoms with van der Waals surface area (Å²) in [6, 6.07) is 11.9. The van der Waals surface area contributed by atoms with Crippen LogP contribution in [-0.4, -0.2) is 65.1 Å². The summed E-state index contributed by atoms with van der Waals surface area (Å²) in [7, 11) is 1.58. The molecule has 1 aromatic heterocycles. The standard InChI is InChI=1S/C27H31ClN2O5.C5H10N2O/c1-18-22(17-25(31)29-15-7-5-3-4-6-8-26(32)33)23-16-21(35-2)13-14-24(23)30(18)27(34)19-9-11-20(28)12-10-19;6-5(8)7-3-1-2-4-7/h9-14,16H,3-8,15,17H2,1-2H3,(H,29,31)(H,32,33);1-4H2,(H2,6,8). The van der Waals surface area contributed by atoms with Gasteiger partial charge in [0.1, 0.15) is 5.75 Å². The summed E-state index contributed by atoms with van der Waals surface area (Å²) in [5.41, 5.74) is 7.70. The van der Waals surface area contributed by atoms with Crippen molar-refractivity contribution in [3.8, 4) is 5.75 Å². The van der Waals surface area contributed by atoms with Crippen LogP contribution in [0.15, 0.2) is 42.5 Å². The number of urea groups is 1. The number of primary amides is 1. The maximum absolute atomic E-state index is 13.4. The minimum absolute atomic E-state index is 0.111. The van der Waals surface area contributed by atoms with Gasteiger partial charge in [0.05, 0.1) is 19.0 Å². The lowest BCUT2D eigenvalue weighted by Gasteiger charge is -2.09. The molecule has 0 atom stereocenters. The molecule has 1 aliphatic heterocycles. The smallest absolute Gasteiger partial charge is 0.314 e. The topological polar surface area (TPSA) is 144 Å². The van der Waals surface area contributed by atoms with E-state index < -0.39 is 5.97 Å². The maximum Gasteiger partial charge on any atom is 0.314 e. The number of ether oxygens (including phenoxy) is 1. The molecule has 1 saturated heterocycles. The highest BCUT2D eigenvalue weighted by Crippen LogP contribution is 2.31. The highest BCUT2D eigenvalue weighted by Gasteiger charge is 2.22. The molecule has 4 N–H and O–H groups in total. The third-order valence-corrected chi connectivity index (χ3v) is 7.73. The van der Waals surface area contributed by atoms with Gasteiger partial charge in [-0.3, -0.25) is 19.0 Å². The molecule has 232 valence electrons. The first-order valence-electron chi connectivity index (χ1n) is 14.6. The molecule has 43 heavy (non-hydrogen) atoms. The van der Waals surface area contributed by atoms with Crippen LogP contribution in [0.4, 0.5) is 4.79 Å². The van der Waals surface area contributed by atoms with Crippen LogP contribution in [0.2, 0.25) is 5.02 Å². The molecule has 10 nitrogen and oxygen atoms in total. The van der Waals surface area contributed by atoms with E-state index in [1.807, 2.05) is 19.1 Å². The van der Waals surface area contributed by atoms with Gasteiger partial charge in [-0.25, -0.2) is 4.79 Å². The van der Waals surface area contributed by atoms with E-state index in [9.17, 15) is 19.2 Å². The Labute approximate surface area is 257 Å². The molecule has 2 aromatic carbocycles. The number of halogens is 1. The number of hydrogen-bond acceptors (Lipinski definition) is 5. The van der Waals surface area contributed by atoms with Crippen LogP contribution in [0.1, 0.15) is 73.0 Å². The molecular formula is C32H41ClN4O6. The first-order valence-corrected chi connectivity index (χ1v) is 15.0. The molecule has 3 aromatic rings. The van der Waals surface area contributed by atoms with Crippen LogP contribution >= 0.6 is 11.6 Å². The van der Waals surface area contributed by atoms with Crippen molar-refractivity contribution >= 4 is 46.3 Å². The minimum atomic E-state index is -0.763. The van der Waals surface area contributed by atoms with Gasteiger partial charge in [-0.1, -0.05) is 30.9 Å². The molecule has 1 fully saturated rings. The number of carboxylic acids is 1. The number of fused-ring (bicyclic) bond motifs is 1. The lowest BCUT2D eigenvalue weighted by atomic mass is 10.1. The summed E-state index contributed by atoms with van der Waals surface area (Å²) in [6.07, 6.45) is 6.86. The van der Waals surface area contributed by atoms with Gasteiger partial charge in [0.25, 0.3) is 5.91 Å². The Morgan fingerprint density at radius 1 is 0.977 bits per heavy atom. The molecule has 0 unspecified atom stereocenters. The summed E-state index contributed by atoms with van der Waals surface area (Å²) in [5.74, 6) is -0.414. The van der Waals surface area contributed by atoms with Crippen molar-refractivity contribution in [2.45, 2.75) is 64.7 Å². The fourth-order valence-electron chi connectivity index (χ4n) is 5.12. The Hall–Kier alpha value is -4.05. The average molecular weight is 613 g/mol. The summed E-state index contributed by atoms with van der Waals surface area (Å²) >= 11 is 5.98. The zero-order valence-corrected chi connectivity index (χ0v) is 25.6. The maximum atomic E-state index is 13.4. The second-order valence-electron chi connectivity index (χ2n) is 10.6. The zero-order valence-electron chi connectivity index (χ0n) is 24.9. The second-order valence-corrected chi connectivity index (χ2v) is 11.0. The zero-order chi connectivity index (χ0) is 31.4. The van der Waals surface area contributed by atoms with E-state index in [0.29, 0.717) is 40.5 Å². The van der Waals surface area contributed by atoms with E-state index in [1.54, 1.807) is 46.9 Å². The van der Waals surface area contributed by atoms with Crippen molar-refractivity contribution < 1.29 is 29.0 Å². The molecule has 0 bridgehead atoms. The first kappa shape index (κ1) is 33.5. The number of amides is 3. The number of aromatic nitrogens is 1. The van der Waals surface area contributed by atoms with Crippen LogP contribution in [0, 0.1) is 6.92 Å². The Kier molecular flexibility index (Phi) is 12.9. The van der Waals surface area contributed by atoms with Gasteiger partial charge in [-0.05, 0) is 80.6 Å². The Morgan fingerprint density at radius 2 is 1.63 bits per heavy atom. The Morgan fingerprint density at radius 3 is 2.23 bits per heavy atom. The molecule has 11 heteroatoms. The first-order chi connectivity index (χ1) is 20.6. The van der Waals surface area contributed by atoms with Crippen LogP contribution in [0.25, 0.3) is 10.9 Å². The Balaban J connectivity index is 0.000000546. The predicted molar refractivity (Wildman–Crippen MR) is 167 cm³/mol. The molecule has 4 rings (SSSR count). The van der Waals surface area contributed by atoms with Gasteiger partial charge >= 0.3 is 12.0 Å². The van der Waals surface area contributed by atoms with Gasteiger partial charge in [-0.2, -0.15) is 0 Å². The lowest BCUT2D eigenvalue weighted by Crippen LogP contribution is -2.32. The second kappa shape index (κ2) is 16.6. The number of benzene rings is 2. The van der Waals surface area contributed by atoms with Crippen LogP contribution in [0.3, 0.4) is 0 Å². The molecule has 1 aliphatic rings. The van der Waals surface area contributed by atoms with Crippen LogP contribution < -0.4 is 15.8 Å². The number of nitrogens with zero attached hydrogens (tertiary/aromatic N) is 2. The monoisotopic (exact) mass is 612 g/mol. The number of likely N-dealkylation sites (tertiary alicyclic amines) is 1. The number of carboxylic acid groups (broad SMARTS) is 1.